The highest BCUT2D eigenvalue weighted by Crippen LogP contribution is 2.15. The van der Waals surface area contributed by atoms with Gasteiger partial charge in [0.1, 0.15) is 6.10 Å². The Morgan fingerprint density at radius 1 is 1.26 bits per heavy atom. The van der Waals surface area contributed by atoms with E-state index in [-0.39, 0.29) is 17.2 Å². The van der Waals surface area contributed by atoms with E-state index in [1.165, 1.54) is 12.1 Å². The maximum atomic E-state index is 12.0. The Morgan fingerprint density at radius 2 is 1.89 bits per heavy atom. The molecule has 104 valence electrons. The molecule has 4 nitrogen and oxygen atoms in total. The van der Waals surface area contributed by atoms with Crippen LogP contribution in [0.25, 0.3) is 0 Å². The Balaban J connectivity index is 2.77. The summed E-state index contributed by atoms with van der Waals surface area (Å²) in [5.41, 5.74) is 0.369. The van der Waals surface area contributed by atoms with Crippen LogP contribution in [0.1, 0.15) is 54.3 Å². The van der Waals surface area contributed by atoms with Crippen molar-refractivity contribution < 1.29 is 19.4 Å². The van der Waals surface area contributed by atoms with Gasteiger partial charge in [-0.2, -0.15) is 0 Å². The molecule has 0 aliphatic carbocycles. The molecule has 0 bridgehead atoms. The number of carboxylic acids is 1. The second kappa shape index (κ2) is 6.92. The highest BCUT2D eigenvalue weighted by molar-refractivity contribution is 5.94. The molecule has 1 atom stereocenters. The summed E-state index contributed by atoms with van der Waals surface area (Å²) in [4.78, 5) is 22.8. The number of rotatable bonds is 6. The molecule has 19 heavy (non-hydrogen) atoms. The van der Waals surface area contributed by atoms with E-state index in [0.29, 0.717) is 5.92 Å². The molecule has 1 aromatic carbocycles. The molecule has 1 rings (SSSR count). The molecule has 0 aromatic heterocycles. The van der Waals surface area contributed by atoms with Crippen molar-refractivity contribution >= 4 is 11.9 Å². The molecule has 0 fully saturated rings. The molecular weight excluding hydrogens is 244 g/mol. The van der Waals surface area contributed by atoms with Crippen molar-refractivity contribution in [1.29, 1.82) is 0 Å². The van der Waals surface area contributed by atoms with E-state index in [4.69, 9.17) is 9.84 Å². The zero-order valence-electron chi connectivity index (χ0n) is 11.6. The quantitative estimate of drug-likeness (QED) is 0.800. The molecule has 0 heterocycles. The van der Waals surface area contributed by atoms with Crippen molar-refractivity contribution in [3.63, 3.8) is 0 Å². The van der Waals surface area contributed by atoms with Gasteiger partial charge in [-0.15, -0.1) is 0 Å². The smallest absolute Gasteiger partial charge is 0.338 e. The van der Waals surface area contributed by atoms with Crippen molar-refractivity contribution in [1.82, 2.24) is 0 Å². The van der Waals surface area contributed by atoms with Crippen molar-refractivity contribution in [3.05, 3.63) is 35.4 Å². The first-order valence-electron chi connectivity index (χ1n) is 6.48. The third kappa shape index (κ3) is 4.73. The van der Waals surface area contributed by atoms with Gasteiger partial charge >= 0.3 is 11.9 Å². The lowest BCUT2D eigenvalue weighted by Gasteiger charge is -2.18. The summed E-state index contributed by atoms with van der Waals surface area (Å²) in [7, 11) is 0. The maximum Gasteiger partial charge on any atom is 0.338 e. The number of carboxylic acid groups (broad SMARTS) is 1. The number of aromatic carboxylic acids is 1. The van der Waals surface area contributed by atoms with Gasteiger partial charge in [0, 0.05) is 0 Å². The maximum absolute atomic E-state index is 12.0. The highest BCUT2D eigenvalue weighted by Gasteiger charge is 2.16. The van der Waals surface area contributed by atoms with E-state index < -0.39 is 11.9 Å². The Hall–Kier alpha value is -1.84. The first kappa shape index (κ1) is 15.2. The molecule has 1 unspecified atom stereocenters. The lowest BCUT2D eigenvalue weighted by atomic mass is 10.0. The Kier molecular flexibility index (Phi) is 5.55. The number of esters is 1. The minimum Gasteiger partial charge on any atom is -0.478 e. The van der Waals surface area contributed by atoms with Crippen molar-refractivity contribution in [2.24, 2.45) is 5.92 Å². The van der Waals surface area contributed by atoms with Crippen LogP contribution in [-0.4, -0.2) is 23.1 Å². The second-order valence-corrected chi connectivity index (χ2v) is 4.95. The van der Waals surface area contributed by atoms with Crippen LogP contribution < -0.4 is 0 Å². The summed E-state index contributed by atoms with van der Waals surface area (Å²) < 4.78 is 5.40. The summed E-state index contributed by atoms with van der Waals surface area (Å²) in [6, 6.07) is 5.90. The van der Waals surface area contributed by atoms with Gasteiger partial charge in [0.2, 0.25) is 0 Å². The monoisotopic (exact) mass is 264 g/mol. The summed E-state index contributed by atoms with van der Waals surface area (Å²) >= 11 is 0. The summed E-state index contributed by atoms with van der Waals surface area (Å²) in [5, 5.41) is 8.89. The third-order valence-corrected chi connectivity index (χ3v) is 2.81. The van der Waals surface area contributed by atoms with E-state index in [1.54, 1.807) is 12.1 Å². The van der Waals surface area contributed by atoms with Gasteiger partial charge in [-0.25, -0.2) is 9.59 Å². The fourth-order valence-electron chi connectivity index (χ4n) is 1.82. The predicted octanol–water partition coefficient (Wildman–Crippen LogP) is 3.37. The van der Waals surface area contributed by atoms with Gasteiger partial charge in [-0.3, -0.25) is 0 Å². The molecular formula is C15H20O4. The number of benzene rings is 1. The largest absolute Gasteiger partial charge is 0.478 e. The van der Waals surface area contributed by atoms with Crippen LogP contribution in [0.15, 0.2) is 24.3 Å². The van der Waals surface area contributed by atoms with Crippen molar-refractivity contribution in [2.45, 2.75) is 39.7 Å². The normalized spacial score (nSPS) is 12.2. The molecule has 1 N–H and O–H groups in total. The number of hydrogen-bond acceptors (Lipinski definition) is 3. The average molecular weight is 264 g/mol. The first-order chi connectivity index (χ1) is 8.93. The second-order valence-electron chi connectivity index (χ2n) is 4.95. The Morgan fingerprint density at radius 3 is 2.42 bits per heavy atom. The summed E-state index contributed by atoms with van der Waals surface area (Å²) in [5.74, 6) is -1.07. The molecule has 0 spiro atoms. The van der Waals surface area contributed by atoms with E-state index in [0.717, 1.165) is 12.8 Å². The lowest BCUT2D eigenvalue weighted by Crippen LogP contribution is -2.19. The molecule has 0 amide bonds. The molecule has 4 heteroatoms. The van der Waals surface area contributed by atoms with Crippen LogP contribution in [0, 0.1) is 5.92 Å². The van der Waals surface area contributed by atoms with Crippen LogP contribution in [0.4, 0.5) is 0 Å². The number of carbonyl (C=O) groups is 2. The van der Waals surface area contributed by atoms with E-state index in [2.05, 4.69) is 13.8 Å². The van der Waals surface area contributed by atoms with Crippen LogP contribution in [-0.2, 0) is 4.74 Å². The van der Waals surface area contributed by atoms with Gasteiger partial charge < -0.3 is 9.84 Å². The topological polar surface area (TPSA) is 63.6 Å². The third-order valence-electron chi connectivity index (χ3n) is 2.81. The highest BCUT2D eigenvalue weighted by atomic mass is 16.5. The molecule has 0 aliphatic rings. The van der Waals surface area contributed by atoms with Crippen LogP contribution in [0.5, 0.6) is 0 Å². The zero-order valence-corrected chi connectivity index (χ0v) is 11.6. The fourth-order valence-corrected chi connectivity index (χ4v) is 1.82. The Bertz CT molecular complexity index is 451. The SMILES string of the molecule is CCC(CC(C)C)OC(=O)c1cccc(C(=O)O)c1. The average Bonchev–Trinajstić information content (AvgIpc) is 2.37. The summed E-state index contributed by atoms with van der Waals surface area (Å²) in [6.07, 6.45) is 1.43. The van der Waals surface area contributed by atoms with Gasteiger partial charge in [0.15, 0.2) is 0 Å². The van der Waals surface area contributed by atoms with Gasteiger partial charge in [-0.05, 0) is 37.0 Å². The van der Waals surface area contributed by atoms with Gasteiger partial charge in [0.05, 0.1) is 11.1 Å². The number of ether oxygens (including phenoxy) is 1. The Labute approximate surface area is 113 Å². The fraction of sp³-hybridized carbons (Fsp3) is 0.467. The molecule has 1 aromatic rings. The van der Waals surface area contributed by atoms with Crippen molar-refractivity contribution in [3.8, 4) is 0 Å². The minimum atomic E-state index is -1.05. The molecule has 0 saturated carbocycles. The predicted molar refractivity (Wildman–Crippen MR) is 72.4 cm³/mol. The number of hydrogen-bond donors (Lipinski definition) is 1. The molecule has 0 radical (unpaired) electrons. The van der Waals surface area contributed by atoms with Crippen LogP contribution in [0.2, 0.25) is 0 Å². The molecule has 0 aliphatic heterocycles. The van der Waals surface area contributed by atoms with E-state index in [1.807, 2.05) is 6.92 Å². The van der Waals surface area contributed by atoms with E-state index in [9.17, 15) is 9.59 Å². The van der Waals surface area contributed by atoms with Crippen LogP contribution >= 0.6 is 0 Å². The van der Waals surface area contributed by atoms with Crippen LogP contribution in [0.3, 0.4) is 0 Å². The van der Waals surface area contributed by atoms with Gasteiger partial charge in [-0.1, -0.05) is 26.8 Å². The molecule has 0 saturated heterocycles. The minimum absolute atomic E-state index is 0.0892. The standard InChI is InChI=1S/C15H20O4/c1-4-13(8-10(2)3)19-15(18)12-7-5-6-11(9-12)14(16)17/h5-7,9-10,13H,4,8H2,1-3H3,(H,16,17). The summed E-state index contributed by atoms with van der Waals surface area (Å²) in [6.45, 7) is 6.11. The zero-order chi connectivity index (χ0) is 14.4. The lowest BCUT2D eigenvalue weighted by molar-refractivity contribution is 0.0244. The van der Waals surface area contributed by atoms with Crippen molar-refractivity contribution in [2.75, 3.05) is 0 Å². The van der Waals surface area contributed by atoms with Gasteiger partial charge in [0.25, 0.3) is 0 Å². The first-order valence-corrected chi connectivity index (χ1v) is 6.48. The van der Waals surface area contributed by atoms with E-state index >= 15 is 0 Å². The number of carbonyl (C=O) groups excluding carboxylic acids is 1.